The van der Waals surface area contributed by atoms with Crippen LogP contribution >= 0.6 is 27.7 Å². The summed E-state index contributed by atoms with van der Waals surface area (Å²) in [6.07, 6.45) is 1.73. The van der Waals surface area contributed by atoms with Gasteiger partial charge in [0.1, 0.15) is 0 Å². The van der Waals surface area contributed by atoms with E-state index in [0.29, 0.717) is 5.75 Å². The SMILES string of the molecule is N=C(N)SCc1ccc(Br)cn1. The molecule has 0 aliphatic rings. The molecule has 12 heavy (non-hydrogen) atoms. The quantitative estimate of drug-likeness (QED) is 0.619. The molecule has 0 amide bonds. The van der Waals surface area contributed by atoms with Crippen molar-refractivity contribution in [3.05, 3.63) is 28.5 Å². The average molecular weight is 246 g/mol. The van der Waals surface area contributed by atoms with Gasteiger partial charge >= 0.3 is 0 Å². The highest BCUT2D eigenvalue weighted by Crippen LogP contribution is 2.12. The van der Waals surface area contributed by atoms with Crippen LogP contribution in [0.3, 0.4) is 0 Å². The Morgan fingerprint density at radius 1 is 1.67 bits per heavy atom. The zero-order valence-corrected chi connectivity index (χ0v) is 8.65. The van der Waals surface area contributed by atoms with E-state index in [2.05, 4.69) is 20.9 Å². The molecular formula is C7H8BrN3S. The van der Waals surface area contributed by atoms with Crippen molar-refractivity contribution in [2.45, 2.75) is 5.75 Å². The molecule has 1 heterocycles. The van der Waals surface area contributed by atoms with Crippen LogP contribution in [-0.2, 0) is 5.75 Å². The number of halogens is 1. The molecular weight excluding hydrogens is 238 g/mol. The summed E-state index contributed by atoms with van der Waals surface area (Å²) in [7, 11) is 0. The summed E-state index contributed by atoms with van der Waals surface area (Å²) in [5.41, 5.74) is 6.11. The minimum Gasteiger partial charge on any atom is -0.379 e. The van der Waals surface area contributed by atoms with Gasteiger partial charge in [0.25, 0.3) is 0 Å². The zero-order chi connectivity index (χ0) is 8.97. The Balaban J connectivity index is 2.53. The highest BCUT2D eigenvalue weighted by atomic mass is 79.9. The molecule has 3 nitrogen and oxygen atoms in total. The predicted molar refractivity (Wildman–Crippen MR) is 55.1 cm³/mol. The Morgan fingerprint density at radius 3 is 2.92 bits per heavy atom. The molecule has 0 fully saturated rings. The number of rotatable bonds is 2. The Morgan fingerprint density at radius 2 is 2.42 bits per heavy atom. The number of pyridine rings is 1. The lowest BCUT2D eigenvalue weighted by Crippen LogP contribution is -2.04. The van der Waals surface area contributed by atoms with Crippen molar-refractivity contribution in [1.29, 1.82) is 5.41 Å². The van der Waals surface area contributed by atoms with E-state index in [-0.39, 0.29) is 5.17 Å². The van der Waals surface area contributed by atoms with Gasteiger partial charge in [0.2, 0.25) is 0 Å². The first-order valence-electron chi connectivity index (χ1n) is 3.26. The first-order chi connectivity index (χ1) is 5.68. The lowest BCUT2D eigenvalue weighted by molar-refractivity contribution is 1.17. The lowest BCUT2D eigenvalue weighted by atomic mass is 10.4. The lowest BCUT2D eigenvalue weighted by Gasteiger charge is -1.98. The Bertz CT molecular complexity index is 272. The molecule has 0 aliphatic heterocycles. The minimum absolute atomic E-state index is 0.125. The van der Waals surface area contributed by atoms with Crippen molar-refractivity contribution in [2.24, 2.45) is 5.73 Å². The van der Waals surface area contributed by atoms with Gasteiger partial charge < -0.3 is 5.73 Å². The van der Waals surface area contributed by atoms with E-state index in [0.717, 1.165) is 10.2 Å². The smallest absolute Gasteiger partial charge is 0.151 e. The first-order valence-corrected chi connectivity index (χ1v) is 5.03. The molecule has 0 spiro atoms. The molecule has 0 aliphatic carbocycles. The van der Waals surface area contributed by atoms with Crippen molar-refractivity contribution in [3.8, 4) is 0 Å². The second-order valence-electron chi connectivity index (χ2n) is 2.12. The van der Waals surface area contributed by atoms with Crippen LogP contribution in [0.5, 0.6) is 0 Å². The van der Waals surface area contributed by atoms with E-state index in [4.69, 9.17) is 11.1 Å². The van der Waals surface area contributed by atoms with Crippen LogP contribution in [0.2, 0.25) is 0 Å². The van der Waals surface area contributed by atoms with Crippen molar-refractivity contribution >= 4 is 32.9 Å². The topological polar surface area (TPSA) is 62.8 Å². The summed E-state index contributed by atoms with van der Waals surface area (Å²) >= 11 is 4.56. The maximum absolute atomic E-state index is 6.99. The molecule has 0 bridgehead atoms. The second-order valence-corrected chi connectivity index (χ2v) is 4.05. The van der Waals surface area contributed by atoms with Gasteiger partial charge in [-0.25, -0.2) is 0 Å². The standard InChI is InChI=1S/C7H8BrN3S/c8-5-1-2-6(11-3-5)4-12-7(9)10/h1-3H,4H2,(H3,9,10). The van der Waals surface area contributed by atoms with E-state index >= 15 is 0 Å². The highest BCUT2D eigenvalue weighted by Gasteiger charge is 1.95. The summed E-state index contributed by atoms with van der Waals surface area (Å²) in [4.78, 5) is 4.13. The molecule has 5 heteroatoms. The van der Waals surface area contributed by atoms with Crippen LogP contribution in [0.25, 0.3) is 0 Å². The third-order valence-corrected chi connectivity index (χ3v) is 2.38. The van der Waals surface area contributed by atoms with E-state index in [1.165, 1.54) is 11.8 Å². The average Bonchev–Trinajstić information content (AvgIpc) is 2.03. The van der Waals surface area contributed by atoms with Crippen molar-refractivity contribution in [1.82, 2.24) is 4.98 Å². The molecule has 0 saturated carbocycles. The summed E-state index contributed by atoms with van der Waals surface area (Å²) in [5.74, 6) is 0.655. The molecule has 1 aromatic heterocycles. The monoisotopic (exact) mass is 245 g/mol. The Labute approximate surface area is 83.4 Å². The van der Waals surface area contributed by atoms with Crippen LogP contribution in [0.4, 0.5) is 0 Å². The van der Waals surface area contributed by atoms with Crippen LogP contribution in [-0.4, -0.2) is 10.2 Å². The predicted octanol–water partition coefficient (Wildman–Crippen LogP) is 1.97. The van der Waals surface area contributed by atoms with E-state index in [1.807, 2.05) is 12.1 Å². The number of amidine groups is 1. The van der Waals surface area contributed by atoms with Gasteiger partial charge in [0.05, 0.1) is 5.69 Å². The molecule has 1 aromatic rings. The van der Waals surface area contributed by atoms with Crippen LogP contribution in [0.1, 0.15) is 5.69 Å². The minimum atomic E-state index is 0.125. The fourth-order valence-electron chi connectivity index (χ4n) is 0.644. The largest absolute Gasteiger partial charge is 0.379 e. The number of nitrogens with one attached hydrogen (secondary N) is 1. The molecule has 0 aromatic carbocycles. The van der Waals surface area contributed by atoms with Gasteiger partial charge in [0.15, 0.2) is 5.17 Å². The summed E-state index contributed by atoms with van der Waals surface area (Å²) in [5, 5.41) is 7.11. The van der Waals surface area contributed by atoms with E-state index in [1.54, 1.807) is 6.20 Å². The normalized spacial score (nSPS) is 9.75. The summed E-state index contributed by atoms with van der Waals surface area (Å²) in [6, 6.07) is 3.82. The molecule has 0 atom stereocenters. The van der Waals surface area contributed by atoms with Gasteiger partial charge in [-0.15, -0.1) is 0 Å². The Hall–Kier alpha value is -0.550. The number of hydrogen-bond acceptors (Lipinski definition) is 3. The maximum Gasteiger partial charge on any atom is 0.151 e. The molecule has 0 unspecified atom stereocenters. The number of aromatic nitrogens is 1. The van der Waals surface area contributed by atoms with Crippen LogP contribution in [0.15, 0.2) is 22.8 Å². The number of nitrogens with zero attached hydrogens (tertiary/aromatic N) is 1. The summed E-state index contributed by atoms with van der Waals surface area (Å²) < 4.78 is 0.957. The van der Waals surface area contributed by atoms with E-state index < -0.39 is 0 Å². The fourth-order valence-corrected chi connectivity index (χ4v) is 1.35. The van der Waals surface area contributed by atoms with Gasteiger partial charge in [0, 0.05) is 16.4 Å². The number of nitrogens with two attached hydrogens (primary N) is 1. The van der Waals surface area contributed by atoms with Gasteiger partial charge in [-0.3, -0.25) is 10.4 Å². The Kier molecular flexibility index (Phi) is 3.55. The first kappa shape index (κ1) is 9.54. The molecule has 0 radical (unpaired) electrons. The maximum atomic E-state index is 6.99. The second kappa shape index (κ2) is 4.47. The molecule has 3 N–H and O–H groups in total. The number of thioether (sulfide) groups is 1. The van der Waals surface area contributed by atoms with Crippen molar-refractivity contribution < 1.29 is 0 Å². The van der Waals surface area contributed by atoms with Crippen molar-refractivity contribution in [3.63, 3.8) is 0 Å². The molecule has 1 rings (SSSR count). The fraction of sp³-hybridized carbons (Fsp3) is 0.143. The number of hydrogen-bond donors (Lipinski definition) is 2. The van der Waals surface area contributed by atoms with Gasteiger partial charge in [-0.05, 0) is 28.1 Å². The van der Waals surface area contributed by atoms with Gasteiger partial charge in [-0.2, -0.15) is 0 Å². The highest BCUT2D eigenvalue weighted by molar-refractivity contribution is 9.10. The van der Waals surface area contributed by atoms with Crippen molar-refractivity contribution in [2.75, 3.05) is 0 Å². The third-order valence-electron chi connectivity index (χ3n) is 1.16. The molecule has 64 valence electrons. The van der Waals surface area contributed by atoms with Gasteiger partial charge in [-0.1, -0.05) is 11.8 Å². The molecule has 0 saturated heterocycles. The van der Waals surface area contributed by atoms with E-state index in [9.17, 15) is 0 Å². The zero-order valence-electron chi connectivity index (χ0n) is 6.25. The van der Waals surface area contributed by atoms with Crippen LogP contribution < -0.4 is 5.73 Å². The van der Waals surface area contributed by atoms with Crippen LogP contribution in [0, 0.1) is 5.41 Å². The summed E-state index contributed by atoms with van der Waals surface area (Å²) in [6.45, 7) is 0. The third kappa shape index (κ3) is 3.23.